The molecule has 0 unspecified atom stereocenters. The van der Waals surface area contributed by atoms with Crippen LogP contribution in [0.4, 0.5) is 0 Å². The fourth-order valence-corrected chi connectivity index (χ4v) is 4.85. The summed E-state index contributed by atoms with van der Waals surface area (Å²) in [6.07, 6.45) is 1.98. The van der Waals surface area contributed by atoms with Crippen molar-refractivity contribution in [2.45, 2.75) is 30.4 Å². The predicted molar refractivity (Wildman–Crippen MR) is 104 cm³/mol. The van der Waals surface area contributed by atoms with Crippen molar-refractivity contribution in [3.05, 3.63) is 58.3 Å². The molecule has 1 aromatic heterocycles. The molecule has 2 aromatic rings. The number of hydrogen-bond acceptors (Lipinski definition) is 4. The highest BCUT2D eigenvalue weighted by atomic mass is 79.9. The van der Waals surface area contributed by atoms with Gasteiger partial charge < -0.3 is 4.90 Å². The van der Waals surface area contributed by atoms with Crippen LogP contribution >= 0.6 is 15.9 Å². The Morgan fingerprint density at radius 3 is 2.58 bits per heavy atom. The number of sulfone groups is 1. The molecule has 1 fully saturated rings. The molecule has 0 spiro atoms. The number of rotatable bonds is 4. The fourth-order valence-electron chi connectivity index (χ4n) is 2.99. The zero-order valence-corrected chi connectivity index (χ0v) is 17.0. The molecule has 1 aliphatic rings. The van der Waals surface area contributed by atoms with Crippen LogP contribution in [0.15, 0.2) is 51.8 Å². The lowest BCUT2D eigenvalue weighted by Gasteiger charge is -2.30. The molecule has 0 saturated carbocycles. The lowest BCUT2D eigenvalue weighted by Crippen LogP contribution is -2.38. The predicted octanol–water partition coefficient (Wildman–Crippen LogP) is 3.69. The second-order valence-electron chi connectivity index (χ2n) is 6.71. The molecule has 138 valence electrons. The summed E-state index contributed by atoms with van der Waals surface area (Å²) in [4.78, 5) is 19.0. The van der Waals surface area contributed by atoms with E-state index in [2.05, 4.69) is 27.8 Å². The summed E-state index contributed by atoms with van der Waals surface area (Å²) >= 11 is 3.29. The van der Waals surface area contributed by atoms with Gasteiger partial charge in [0.1, 0.15) is 5.69 Å². The lowest BCUT2D eigenvalue weighted by atomic mass is 9.99. The van der Waals surface area contributed by atoms with E-state index < -0.39 is 9.84 Å². The first-order valence-corrected chi connectivity index (χ1v) is 11.0. The molecule has 0 N–H and O–H groups in total. The van der Waals surface area contributed by atoms with E-state index in [0.717, 1.165) is 25.9 Å². The highest BCUT2D eigenvalue weighted by Crippen LogP contribution is 2.21. The van der Waals surface area contributed by atoms with Crippen LogP contribution in [0, 0.1) is 5.92 Å². The summed E-state index contributed by atoms with van der Waals surface area (Å²) in [5.74, 6) is 0.272. The van der Waals surface area contributed by atoms with Gasteiger partial charge >= 0.3 is 0 Å². The molecule has 5 nitrogen and oxygen atoms in total. The largest absolute Gasteiger partial charge is 0.337 e. The van der Waals surface area contributed by atoms with E-state index in [1.165, 1.54) is 0 Å². The molecule has 7 heteroatoms. The summed E-state index contributed by atoms with van der Waals surface area (Å²) in [5.41, 5.74) is 0.683. The SMILES string of the molecule is CC1CCN(C(=O)c2cccc(CS(=O)(=O)c3cccc(Br)c3)n2)CC1. The van der Waals surface area contributed by atoms with Crippen LogP contribution < -0.4 is 0 Å². The maximum atomic E-state index is 12.6. The molecule has 1 saturated heterocycles. The van der Waals surface area contributed by atoms with Crippen LogP contribution in [0.3, 0.4) is 0 Å². The van der Waals surface area contributed by atoms with E-state index in [1.807, 2.05) is 0 Å². The first-order valence-electron chi connectivity index (χ1n) is 8.59. The molecular weight excluding hydrogens is 416 g/mol. The monoisotopic (exact) mass is 436 g/mol. The standard InChI is InChI=1S/C19H21BrN2O3S/c1-14-8-10-22(11-9-14)19(23)18-7-3-5-16(21-18)13-26(24,25)17-6-2-4-15(20)12-17/h2-7,12,14H,8-11,13H2,1H3. The third-order valence-electron chi connectivity index (χ3n) is 4.59. The van der Waals surface area contributed by atoms with Gasteiger partial charge in [0, 0.05) is 17.6 Å². The van der Waals surface area contributed by atoms with Crippen LogP contribution in [-0.2, 0) is 15.6 Å². The van der Waals surface area contributed by atoms with Crippen LogP contribution in [-0.4, -0.2) is 37.3 Å². The number of piperidine rings is 1. The number of carbonyl (C=O) groups excluding carboxylic acids is 1. The number of likely N-dealkylation sites (tertiary alicyclic amines) is 1. The second kappa shape index (κ2) is 7.88. The zero-order chi connectivity index (χ0) is 18.7. The van der Waals surface area contributed by atoms with Crippen molar-refractivity contribution in [2.75, 3.05) is 13.1 Å². The number of carbonyl (C=O) groups is 1. The molecule has 1 amide bonds. The Kier molecular flexibility index (Phi) is 5.77. The number of pyridine rings is 1. The van der Waals surface area contributed by atoms with Gasteiger partial charge in [-0.05, 0) is 49.1 Å². The van der Waals surface area contributed by atoms with Crippen molar-refractivity contribution in [1.82, 2.24) is 9.88 Å². The van der Waals surface area contributed by atoms with E-state index in [4.69, 9.17) is 0 Å². The molecule has 0 bridgehead atoms. The zero-order valence-electron chi connectivity index (χ0n) is 14.6. The lowest BCUT2D eigenvalue weighted by molar-refractivity contribution is 0.0691. The first kappa shape index (κ1) is 19.0. The van der Waals surface area contributed by atoms with Crippen molar-refractivity contribution in [3.63, 3.8) is 0 Å². The molecule has 3 rings (SSSR count). The topological polar surface area (TPSA) is 67.3 Å². The van der Waals surface area contributed by atoms with Crippen molar-refractivity contribution in [3.8, 4) is 0 Å². The Balaban J connectivity index is 1.78. The van der Waals surface area contributed by atoms with E-state index in [9.17, 15) is 13.2 Å². The summed E-state index contributed by atoms with van der Waals surface area (Å²) in [7, 11) is -3.53. The van der Waals surface area contributed by atoms with Crippen LogP contribution in [0.1, 0.15) is 35.9 Å². The van der Waals surface area contributed by atoms with Crippen molar-refractivity contribution >= 4 is 31.7 Å². The van der Waals surface area contributed by atoms with E-state index >= 15 is 0 Å². The Morgan fingerprint density at radius 1 is 1.19 bits per heavy atom. The highest BCUT2D eigenvalue weighted by molar-refractivity contribution is 9.10. The third-order valence-corrected chi connectivity index (χ3v) is 6.73. The van der Waals surface area contributed by atoms with Crippen LogP contribution in [0.2, 0.25) is 0 Å². The van der Waals surface area contributed by atoms with E-state index in [1.54, 1.807) is 47.4 Å². The fraction of sp³-hybridized carbons (Fsp3) is 0.368. The number of nitrogens with zero attached hydrogens (tertiary/aromatic N) is 2. The summed E-state index contributed by atoms with van der Waals surface area (Å²) < 4.78 is 25.9. The van der Waals surface area contributed by atoms with Gasteiger partial charge in [-0.15, -0.1) is 0 Å². The smallest absolute Gasteiger partial charge is 0.272 e. The van der Waals surface area contributed by atoms with Gasteiger partial charge in [-0.25, -0.2) is 13.4 Å². The molecule has 1 aromatic carbocycles. The minimum Gasteiger partial charge on any atom is -0.337 e. The third kappa shape index (κ3) is 4.51. The number of halogens is 1. The second-order valence-corrected chi connectivity index (χ2v) is 9.61. The quantitative estimate of drug-likeness (QED) is 0.732. The molecular formula is C19H21BrN2O3S. The Hall–Kier alpha value is -1.73. The van der Waals surface area contributed by atoms with Crippen LogP contribution in [0.25, 0.3) is 0 Å². The number of hydrogen-bond donors (Lipinski definition) is 0. The van der Waals surface area contributed by atoms with Gasteiger partial charge in [-0.2, -0.15) is 0 Å². The van der Waals surface area contributed by atoms with Crippen molar-refractivity contribution in [2.24, 2.45) is 5.92 Å². The first-order chi connectivity index (χ1) is 12.3. The normalized spacial score (nSPS) is 15.8. The molecule has 0 radical (unpaired) electrons. The average molecular weight is 437 g/mol. The molecule has 1 aliphatic heterocycles. The molecule has 0 aliphatic carbocycles. The van der Waals surface area contributed by atoms with Crippen LogP contribution in [0.5, 0.6) is 0 Å². The van der Waals surface area contributed by atoms with Crippen molar-refractivity contribution in [1.29, 1.82) is 0 Å². The average Bonchev–Trinajstić information content (AvgIpc) is 2.62. The number of benzene rings is 1. The molecule has 26 heavy (non-hydrogen) atoms. The van der Waals surface area contributed by atoms with E-state index in [-0.39, 0.29) is 16.6 Å². The van der Waals surface area contributed by atoms with Crippen molar-refractivity contribution < 1.29 is 13.2 Å². The summed E-state index contributed by atoms with van der Waals surface area (Å²) in [5, 5.41) is 0. The maximum Gasteiger partial charge on any atom is 0.272 e. The van der Waals surface area contributed by atoms with Gasteiger partial charge in [-0.1, -0.05) is 35.0 Å². The maximum absolute atomic E-state index is 12.6. The number of aromatic nitrogens is 1. The molecule has 2 heterocycles. The summed E-state index contributed by atoms with van der Waals surface area (Å²) in [6.45, 7) is 3.64. The van der Waals surface area contributed by atoms with Gasteiger partial charge in [-0.3, -0.25) is 4.79 Å². The van der Waals surface area contributed by atoms with Gasteiger partial charge in [0.05, 0.1) is 16.3 Å². The Morgan fingerprint density at radius 2 is 1.88 bits per heavy atom. The summed E-state index contributed by atoms with van der Waals surface area (Å²) in [6, 6.07) is 11.6. The van der Waals surface area contributed by atoms with Gasteiger partial charge in [0.15, 0.2) is 9.84 Å². The van der Waals surface area contributed by atoms with Gasteiger partial charge in [0.25, 0.3) is 5.91 Å². The Bertz CT molecular complexity index is 907. The van der Waals surface area contributed by atoms with E-state index in [0.29, 0.717) is 21.8 Å². The Labute approximate surface area is 162 Å². The van der Waals surface area contributed by atoms with Gasteiger partial charge in [0.2, 0.25) is 0 Å². The number of amides is 1. The minimum absolute atomic E-state index is 0.126. The highest BCUT2D eigenvalue weighted by Gasteiger charge is 2.23. The molecule has 0 atom stereocenters. The minimum atomic E-state index is -3.53.